The third kappa shape index (κ3) is 3.63. The van der Waals surface area contributed by atoms with Gasteiger partial charge in [0.15, 0.2) is 0 Å². The molecule has 1 aliphatic heterocycles. The lowest BCUT2D eigenvalue weighted by molar-refractivity contribution is 0.379. The molecule has 0 amide bonds. The van der Waals surface area contributed by atoms with Crippen molar-refractivity contribution in [3.63, 3.8) is 0 Å². The predicted octanol–water partition coefficient (Wildman–Crippen LogP) is 1.62. The van der Waals surface area contributed by atoms with Gasteiger partial charge in [0, 0.05) is 12.6 Å². The molecule has 1 fully saturated rings. The molecule has 2 N–H and O–H groups in total. The molecule has 0 aliphatic carbocycles. The SMILES string of the molecule is CCNc1nc(NC2CCSCC2)nc(OC)n1. The smallest absolute Gasteiger partial charge is 0.322 e. The summed E-state index contributed by atoms with van der Waals surface area (Å²) in [6.07, 6.45) is 2.30. The maximum Gasteiger partial charge on any atom is 0.322 e. The highest BCUT2D eigenvalue weighted by atomic mass is 32.2. The van der Waals surface area contributed by atoms with Crippen LogP contribution < -0.4 is 15.4 Å². The van der Waals surface area contributed by atoms with Gasteiger partial charge in [0.2, 0.25) is 11.9 Å². The molecule has 7 heteroatoms. The first-order valence-corrected chi connectivity index (χ1v) is 7.35. The third-order valence-corrected chi connectivity index (χ3v) is 3.74. The zero-order chi connectivity index (χ0) is 12.8. The Bertz CT molecular complexity index is 384. The van der Waals surface area contributed by atoms with E-state index in [1.54, 1.807) is 7.11 Å². The van der Waals surface area contributed by atoms with Gasteiger partial charge >= 0.3 is 6.01 Å². The van der Waals surface area contributed by atoms with Gasteiger partial charge < -0.3 is 15.4 Å². The van der Waals surface area contributed by atoms with Gasteiger partial charge in [-0.1, -0.05) is 0 Å². The van der Waals surface area contributed by atoms with Gasteiger partial charge in [0.25, 0.3) is 0 Å². The van der Waals surface area contributed by atoms with E-state index in [-0.39, 0.29) is 0 Å². The monoisotopic (exact) mass is 269 g/mol. The van der Waals surface area contributed by atoms with E-state index in [9.17, 15) is 0 Å². The first-order valence-electron chi connectivity index (χ1n) is 6.20. The number of nitrogens with one attached hydrogen (secondary N) is 2. The van der Waals surface area contributed by atoms with Crippen LogP contribution in [0.1, 0.15) is 19.8 Å². The van der Waals surface area contributed by atoms with Crippen LogP contribution in [0.5, 0.6) is 6.01 Å². The third-order valence-electron chi connectivity index (χ3n) is 2.69. The summed E-state index contributed by atoms with van der Waals surface area (Å²) in [5, 5.41) is 6.43. The Morgan fingerprint density at radius 1 is 1.22 bits per heavy atom. The molecule has 6 nitrogen and oxygen atoms in total. The molecule has 1 aromatic rings. The standard InChI is InChI=1S/C11H19N5OS/c1-3-12-9-14-10(16-11(15-9)17-2)13-8-4-6-18-7-5-8/h8H,3-7H2,1-2H3,(H2,12,13,14,15,16). The van der Waals surface area contributed by atoms with Crippen LogP contribution in [0.25, 0.3) is 0 Å². The van der Waals surface area contributed by atoms with Crippen LogP contribution in [0.15, 0.2) is 0 Å². The van der Waals surface area contributed by atoms with Gasteiger partial charge in [-0.2, -0.15) is 26.7 Å². The molecule has 2 heterocycles. The summed E-state index contributed by atoms with van der Waals surface area (Å²) < 4.78 is 5.08. The first-order chi connectivity index (χ1) is 8.81. The minimum absolute atomic E-state index is 0.341. The summed E-state index contributed by atoms with van der Waals surface area (Å²) in [4.78, 5) is 12.7. The fourth-order valence-electron chi connectivity index (χ4n) is 1.77. The molecule has 100 valence electrons. The Morgan fingerprint density at radius 3 is 2.61 bits per heavy atom. The lowest BCUT2D eigenvalue weighted by Crippen LogP contribution is -2.26. The number of hydrogen-bond donors (Lipinski definition) is 2. The van der Waals surface area contributed by atoms with E-state index in [0.717, 1.165) is 19.4 Å². The van der Waals surface area contributed by atoms with E-state index >= 15 is 0 Å². The summed E-state index contributed by atoms with van der Waals surface area (Å²) >= 11 is 2.00. The maximum absolute atomic E-state index is 5.08. The summed E-state index contributed by atoms with van der Waals surface area (Å²) in [5.41, 5.74) is 0. The summed E-state index contributed by atoms with van der Waals surface area (Å²) in [6, 6.07) is 0.793. The number of rotatable bonds is 5. The second-order valence-corrected chi connectivity index (χ2v) is 5.26. The van der Waals surface area contributed by atoms with Crippen molar-refractivity contribution in [2.75, 3.05) is 35.8 Å². The van der Waals surface area contributed by atoms with Gasteiger partial charge in [0.05, 0.1) is 7.11 Å². The Morgan fingerprint density at radius 2 is 1.94 bits per heavy atom. The Balaban J connectivity index is 2.07. The molecule has 1 aromatic heterocycles. The van der Waals surface area contributed by atoms with E-state index in [2.05, 4.69) is 25.6 Å². The Hall–Kier alpha value is -1.24. The average Bonchev–Trinajstić information content (AvgIpc) is 2.40. The normalized spacial score (nSPS) is 16.3. The van der Waals surface area contributed by atoms with Crippen LogP contribution in [0.3, 0.4) is 0 Å². The first kappa shape index (κ1) is 13.2. The molecule has 0 radical (unpaired) electrons. The highest BCUT2D eigenvalue weighted by Crippen LogP contribution is 2.20. The number of anilines is 2. The Kier molecular flexibility index (Phi) is 4.86. The molecule has 0 unspecified atom stereocenters. The van der Waals surface area contributed by atoms with E-state index in [4.69, 9.17) is 4.74 Å². The number of hydrogen-bond acceptors (Lipinski definition) is 7. The largest absolute Gasteiger partial charge is 0.467 e. The highest BCUT2D eigenvalue weighted by Gasteiger charge is 2.15. The Labute approximate surface area is 111 Å². The fraction of sp³-hybridized carbons (Fsp3) is 0.727. The van der Waals surface area contributed by atoms with E-state index < -0.39 is 0 Å². The van der Waals surface area contributed by atoms with Crippen molar-refractivity contribution in [1.82, 2.24) is 15.0 Å². The zero-order valence-corrected chi connectivity index (χ0v) is 11.6. The van der Waals surface area contributed by atoms with Crippen LogP contribution in [-0.2, 0) is 0 Å². The van der Waals surface area contributed by atoms with Gasteiger partial charge in [0.1, 0.15) is 0 Å². The van der Waals surface area contributed by atoms with E-state index in [1.165, 1.54) is 11.5 Å². The molecule has 0 saturated carbocycles. The summed E-state index contributed by atoms with van der Waals surface area (Å²) in [5.74, 6) is 3.53. The number of methoxy groups -OCH3 is 1. The number of nitrogens with zero attached hydrogens (tertiary/aromatic N) is 3. The van der Waals surface area contributed by atoms with E-state index in [1.807, 2.05) is 18.7 Å². The van der Waals surface area contributed by atoms with Crippen molar-refractivity contribution in [2.45, 2.75) is 25.8 Å². The van der Waals surface area contributed by atoms with Gasteiger partial charge in [-0.25, -0.2) is 0 Å². The van der Waals surface area contributed by atoms with Crippen molar-refractivity contribution in [3.05, 3.63) is 0 Å². The fourth-order valence-corrected chi connectivity index (χ4v) is 2.88. The number of thioether (sulfide) groups is 1. The summed E-state index contributed by atoms with van der Waals surface area (Å²) in [6.45, 7) is 2.77. The molecule has 0 bridgehead atoms. The molecule has 0 spiro atoms. The van der Waals surface area contributed by atoms with Crippen LogP contribution >= 0.6 is 11.8 Å². The summed E-state index contributed by atoms with van der Waals surface area (Å²) in [7, 11) is 1.56. The maximum atomic E-state index is 5.08. The molecular formula is C11H19N5OS. The van der Waals surface area contributed by atoms with Crippen LogP contribution in [-0.4, -0.2) is 46.2 Å². The lowest BCUT2D eigenvalue weighted by Gasteiger charge is -2.22. The van der Waals surface area contributed by atoms with Crippen LogP contribution in [0.4, 0.5) is 11.9 Å². The van der Waals surface area contributed by atoms with Gasteiger partial charge in [-0.05, 0) is 31.3 Å². The second-order valence-electron chi connectivity index (χ2n) is 4.03. The molecule has 0 atom stereocenters. The number of aromatic nitrogens is 3. The van der Waals surface area contributed by atoms with Crippen molar-refractivity contribution in [1.29, 1.82) is 0 Å². The molecular weight excluding hydrogens is 250 g/mol. The quantitative estimate of drug-likeness (QED) is 0.841. The minimum Gasteiger partial charge on any atom is -0.467 e. The molecule has 1 saturated heterocycles. The van der Waals surface area contributed by atoms with E-state index in [0.29, 0.717) is 23.9 Å². The molecule has 1 aliphatic rings. The zero-order valence-electron chi connectivity index (χ0n) is 10.8. The average molecular weight is 269 g/mol. The highest BCUT2D eigenvalue weighted by molar-refractivity contribution is 7.99. The molecule has 2 rings (SSSR count). The van der Waals surface area contributed by atoms with Crippen molar-refractivity contribution in [3.8, 4) is 6.01 Å². The van der Waals surface area contributed by atoms with Crippen molar-refractivity contribution in [2.24, 2.45) is 0 Å². The lowest BCUT2D eigenvalue weighted by atomic mass is 10.2. The van der Waals surface area contributed by atoms with Gasteiger partial charge in [-0.15, -0.1) is 0 Å². The molecule has 18 heavy (non-hydrogen) atoms. The van der Waals surface area contributed by atoms with Crippen LogP contribution in [0, 0.1) is 0 Å². The van der Waals surface area contributed by atoms with Crippen molar-refractivity contribution >= 4 is 23.7 Å². The van der Waals surface area contributed by atoms with Crippen molar-refractivity contribution < 1.29 is 4.74 Å². The molecule has 0 aromatic carbocycles. The minimum atomic E-state index is 0.341. The second kappa shape index (κ2) is 6.63. The topological polar surface area (TPSA) is 72.0 Å². The van der Waals surface area contributed by atoms with Gasteiger partial charge in [-0.3, -0.25) is 0 Å². The van der Waals surface area contributed by atoms with Crippen LogP contribution in [0.2, 0.25) is 0 Å². The number of ether oxygens (including phenoxy) is 1. The predicted molar refractivity (Wildman–Crippen MR) is 74.5 cm³/mol.